The van der Waals surface area contributed by atoms with Gasteiger partial charge in [-0.05, 0) is 63.8 Å². The zero-order valence-electron chi connectivity index (χ0n) is 14.7. The highest BCUT2D eigenvalue weighted by Gasteiger charge is 2.16. The van der Waals surface area contributed by atoms with Crippen LogP contribution in [0.2, 0.25) is 0 Å². The van der Waals surface area contributed by atoms with Crippen molar-refractivity contribution in [3.63, 3.8) is 0 Å². The van der Waals surface area contributed by atoms with Crippen LogP contribution in [-0.4, -0.2) is 42.2 Å². The molecule has 2 aromatic carbocycles. The number of ether oxygens (including phenoxy) is 1. The molecule has 1 saturated heterocycles. The molecule has 0 atom stereocenters. The summed E-state index contributed by atoms with van der Waals surface area (Å²) >= 11 is 5.40. The molecule has 1 fully saturated rings. The topological polar surface area (TPSA) is 29.4 Å². The summed E-state index contributed by atoms with van der Waals surface area (Å²) in [7, 11) is 1.73. The van der Waals surface area contributed by atoms with E-state index in [2.05, 4.69) is 66.6 Å². The van der Waals surface area contributed by atoms with Gasteiger partial charge < -0.3 is 10.1 Å². The predicted octanol–water partition coefficient (Wildman–Crippen LogP) is 4.37. The van der Waals surface area contributed by atoms with E-state index in [4.69, 9.17) is 4.74 Å². The Hall–Kier alpha value is -1.47. The molecule has 6 heteroatoms. The maximum atomic E-state index is 5.47. The molecule has 26 heavy (non-hydrogen) atoms. The summed E-state index contributed by atoms with van der Waals surface area (Å²) in [5.74, 6) is 0.905. The Kier molecular flexibility index (Phi) is 5.55. The monoisotopic (exact) mass is 431 g/mol. The molecule has 0 unspecified atom stereocenters. The summed E-state index contributed by atoms with van der Waals surface area (Å²) in [6.45, 7) is 5.28. The lowest BCUT2D eigenvalue weighted by Gasteiger charge is -2.26. The van der Waals surface area contributed by atoms with Crippen molar-refractivity contribution >= 4 is 38.8 Å². The second-order valence-corrected chi connectivity index (χ2v) is 8.28. The van der Waals surface area contributed by atoms with Crippen LogP contribution in [0, 0.1) is 0 Å². The van der Waals surface area contributed by atoms with Crippen LogP contribution in [0.5, 0.6) is 5.75 Å². The second-order valence-electron chi connectivity index (χ2n) is 6.41. The van der Waals surface area contributed by atoms with Crippen LogP contribution in [0.3, 0.4) is 0 Å². The fourth-order valence-corrected chi connectivity index (χ4v) is 4.75. The molecule has 1 aliphatic rings. The third-order valence-electron chi connectivity index (χ3n) is 4.70. The average molecular weight is 432 g/mol. The summed E-state index contributed by atoms with van der Waals surface area (Å²) in [5.41, 5.74) is 2.57. The number of rotatable bonds is 5. The Balaban J connectivity index is 1.71. The number of fused-ring (bicyclic) bond motifs is 1. The number of nitrogens with one attached hydrogen (secondary N) is 1. The minimum Gasteiger partial charge on any atom is -0.497 e. The first kappa shape index (κ1) is 17.9. The van der Waals surface area contributed by atoms with Gasteiger partial charge in [-0.15, -0.1) is 0 Å². The molecule has 1 aliphatic heterocycles. The van der Waals surface area contributed by atoms with Crippen molar-refractivity contribution in [3.8, 4) is 5.75 Å². The first-order valence-corrected chi connectivity index (χ1v) is 10.3. The smallest absolute Gasteiger partial charge is 0.119 e. The van der Waals surface area contributed by atoms with E-state index in [-0.39, 0.29) is 0 Å². The normalized spacial score (nSPS) is 15.5. The molecule has 4 nitrogen and oxygen atoms in total. The number of aromatic nitrogens is 1. The summed E-state index contributed by atoms with van der Waals surface area (Å²) in [6, 6.07) is 14.7. The standard InChI is InChI=1S/C20H22BrN3OS/c1-25-16-6-7-19-17(12-16)15(13-23-10-8-22-9-11-23)14-24(19)26-20-5-3-2-4-18(20)21/h2-7,12,14,22H,8-11,13H2,1H3. The van der Waals surface area contributed by atoms with Gasteiger partial charge in [0.1, 0.15) is 5.75 Å². The lowest BCUT2D eigenvalue weighted by Crippen LogP contribution is -2.42. The highest BCUT2D eigenvalue weighted by Crippen LogP contribution is 2.35. The molecule has 0 saturated carbocycles. The van der Waals surface area contributed by atoms with Gasteiger partial charge in [0.2, 0.25) is 0 Å². The lowest BCUT2D eigenvalue weighted by atomic mass is 10.1. The summed E-state index contributed by atoms with van der Waals surface area (Å²) in [6.07, 6.45) is 2.27. The Labute approximate surface area is 166 Å². The van der Waals surface area contributed by atoms with Crippen LogP contribution in [0.15, 0.2) is 58.0 Å². The molecule has 136 valence electrons. The number of hydrogen-bond acceptors (Lipinski definition) is 4. The predicted molar refractivity (Wildman–Crippen MR) is 112 cm³/mol. The first-order valence-electron chi connectivity index (χ1n) is 8.78. The molecule has 0 aliphatic carbocycles. The average Bonchev–Trinajstić information content (AvgIpc) is 3.01. The van der Waals surface area contributed by atoms with Gasteiger partial charge in [0.05, 0.1) is 12.6 Å². The first-order chi connectivity index (χ1) is 12.7. The second kappa shape index (κ2) is 8.05. The molecule has 1 N–H and O–H groups in total. The number of halogens is 1. The van der Waals surface area contributed by atoms with E-state index in [0.717, 1.165) is 42.9 Å². The van der Waals surface area contributed by atoms with Gasteiger partial charge in [-0.3, -0.25) is 8.87 Å². The van der Waals surface area contributed by atoms with Crippen LogP contribution in [0.1, 0.15) is 5.56 Å². The van der Waals surface area contributed by atoms with Crippen LogP contribution in [-0.2, 0) is 6.54 Å². The zero-order valence-corrected chi connectivity index (χ0v) is 17.1. The van der Waals surface area contributed by atoms with E-state index in [1.54, 1.807) is 19.1 Å². The van der Waals surface area contributed by atoms with Gasteiger partial charge in [-0.2, -0.15) is 0 Å². The highest BCUT2D eigenvalue weighted by molar-refractivity contribution is 9.10. The number of methoxy groups -OCH3 is 1. The molecular formula is C20H22BrN3OS. The van der Waals surface area contributed by atoms with Crippen molar-refractivity contribution in [1.82, 2.24) is 14.2 Å². The van der Waals surface area contributed by atoms with Gasteiger partial charge in [-0.25, -0.2) is 0 Å². The number of hydrogen-bond donors (Lipinski definition) is 1. The van der Waals surface area contributed by atoms with Gasteiger partial charge in [0.25, 0.3) is 0 Å². The molecule has 0 amide bonds. The minimum atomic E-state index is 0.905. The van der Waals surface area contributed by atoms with Gasteiger partial charge in [0.15, 0.2) is 0 Å². The summed E-state index contributed by atoms with van der Waals surface area (Å²) in [4.78, 5) is 3.71. The molecule has 2 heterocycles. The van der Waals surface area contributed by atoms with Crippen molar-refractivity contribution in [2.45, 2.75) is 11.4 Å². The van der Waals surface area contributed by atoms with E-state index in [9.17, 15) is 0 Å². The van der Waals surface area contributed by atoms with Gasteiger partial charge >= 0.3 is 0 Å². The fourth-order valence-electron chi connectivity index (χ4n) is 3.31. The number of nitrogens with zero attached hydrogens (tertiary/aromatic N) is 2. The minimum absolute atomic E-state index is 0.905. The fraction of sp³-hybridized carbons (Fsp3) is 0.300. The maximum Gasteiger partial charge on any atom is 0.119 e. The summed E-state index contributed by atoms with van der Waals surface area (Å²) in [5, 5.41) is 4.69. The molecule has 0 radical (unpaired) electrons. The van der Waals surface area contributed by atoms with Crippen LogP contribution < -0.4 is 10.1 Å². The maximum absolute atomic E-state index is 5.47. The molecular weight excluding hydrogens is 410 g/mol. The van der Waals surface area contributed by atoms with Crippen molar-refractivity contribution in [1.29, 1.82) is 0 Å². The van der Waals surface area contributed by atoms with E-state index >= 15 is 0 Å². The van der Waals surface area contributed by atoms with E-state index in [0.29, 0.717) is 0 Å². The lowest BCUT2D eigenvalue weighted by molar-refractivity contribution is 0.234. The van der Waals surface area contributed by atoms with E-state index in [1.807, 2.05) is 12.1 Å². The Morgan fingerprint density at radius 3 is 2.73 bits per heavy atom. The molecule has 0 spiro atoms. The number of benzene rings is 2. The van der Waals surface area contributed by atoms with E-state index < -0.39 is 0 Å². The van der Waals surface area contributed by atoms with Gasteiger partial charge in [-0.1, -0.05) is 12.1 Å². The largest absolute Gasteiger partial charge is 0.497 e. The third kappa shape index (κ3) is 3.78. The Morgan fingerprint density at radius 2 is 1.96 bits per heavy atom. The Morgan fingerprint density at radius 1 is 1.15 bits per heavy atom. The SMILES string of the molecule is COc1ccc2c(c1)c(CN1CCNCC1)cn2Sc1ccccc1Br. The van der Waals surface area contributed by atoms with Crippen molar-refractivity contribution in [2.75, 3.05) is 33.3 Å². The number of piperazine rings is 1. The summed E-state index contributed by atoms with van der Waals surface area (Å²) < 4.78 is 8.85. The molecule has 4 rings (SSSR count). The van der Waals surface area contributed by atoms with Crippen molar-refractivity contribution < 1.29 is 4.74 Å². The van der Waals surface area contributed by atoms with E-state index in [1.165, 1.54) is 21.4 Å². The van der Waals surface area contributed by atoms with Crippen LogP contribution in [0.25, 0.3) is 10.9 Å². The zero-order chi connectivity index (χ0) is 17.9. The molecule has 3 aromatic rings. The quantitative estimate of drug-likeness (QED) is 0.649. The van der Waals surface area contributed by atoms with Crippen LogP contribution >= 0.6 is 27.9 Å². The highest BCUT2D eigenvalue weighted by atomic mass is 79.9. The molecule has 0 bridgehead atoms. The third-order valence-corrected chi connectivity index (χ3v) is 6.70. The Bertz CT molecular complexity index is 905. The van der Waals surface area contributed by atoms with Gasteiger partial charge in [0, 0.05) is 53.7 Å². The van der Waals surface area contributed by atoms with Crippen molar-refractivity contribution in [3.05, 3.63) is 58.7 Å². The van der Waals surface area contributed by atoms with Crippen LogP contribution in [0.4, 0.5) is 0 Å². The van der Waals surface area contributed by atoms with Crippen molar-refractivity contribution in [2.24, 2.45) is 0 Å². The molecule has 1 aromatic heterocycles.